The predicted octanol–water partition coefficient (Wildman–Crippen LogP) is 1.79. The minimum Gasteiger partial charge on any atom is -0.429 e. The number of methoxy groups -OCH3 is 1. The molecule has 0 aliphatic carbocycles. The number of amides is 1. The van der Waals surface area contributed by atoms with Crippen molar-refractivity contribution in [1.82, 2.24) is 10.6 Å². The maximum absolute atomic E-state index is 12.5. The highest BCUT2D eigenvalue weighted by atomic mass is 16.5. The van der Waals surface area contributed by atoms with Crippen LogP contribution < -0.4 is 15.4 Å². The molecule has 1 fully saturated rings. The molecule has 1 aliphatic heterocycles. The van der Waals surface area contributed by atoms with Gasteiger partial charge in [0.2, 0.25) is 0 Å². The van der Waals surface area contributed by atoms with Crippen LogP contribution in [0, 0.1) is 11.3 Å². The Morgan fingerprint density at radius 1 is 1.26 bits per heavy atom. The molecule has 162 valence electrons. The molecule has 1 amide bonds. The van der Waals surface area contributed by atoms with E-state index in [1.807, 2.05) is 36.4 Å². The standard InChI is InChI=1S/C23H25N3O5/c1-29-22-10-11-30-21(14-25-22)23(28)26-19(13-24)12-16-2-4-17(5-3-16)18-6-8-20(9-7-18)31-15-27/h2-9,15,19,21-22,25H,10-12,14H2,1H3,(H,26,28)/t19-,21-,22?/m0/s1. The van der Waals surface area contributed by atoms with Crippen LogP contribution in [0.15, 0.2) is 48.5 Å². The molecule has 1 saturated heterocycles. The van der Waals surface area contributed by atoms with E-state index in [2.05, 4.69) is 16.7 Å². The van der Waals surface area contributed by atoms with E-state index in [9.17, 15) is 14.9 Å². The highest BCUT2D eigenvalue weighted by molar-refractivity contribution is 5.81. The smallest absolute Gasteiger partial charge is 0.298 e. The summed E-state index contributed by atoms with van der Waals surface area (Å²) in [5.74, 6) is 0.165. The summed E-state index contributed by atoms with van der Waals surface area (Å²) >= 11 is 0. The van der Waals surface area contributed by atoms with Gasteiger partial charge in [-0.2, -0.15) is 5.26 Å². The molecule has 0 radical (unpaired) electrons. The number of hydrogen-bond acceptors (Lipinski definition) is 7. The molecule has 8 heteroatoms. The zero-order valence-electron chi connectivity index (χ0n) is 17.2. The molecule has 3 atom stereocenters. The minimum absolute atomic E-state index is 0.142. The number of benzene rings is 2. The summed E-state index contributed by atoms with van der Waals surface area (Å²) in [4.78, 5) is 22.9. The number of nitrogens with zero attached hydrogens (tertiary/aromatic N) is 1. The van der Waals surface area contributed by atoms with Crippen molar-refractivity contribution in [3.63, 3.8) is 0 Å². The first kappa shape index (κ1) is 22.4. The van der Waals surface area contributed by atoms with E-state index in [4.69, 9.17) is 14.2 Å². The van der Waals surface area contributed by atoms with Crippen molar-refractivity contribution in [2.24, 2.45) is 0 Å². The minimum atomic E-state index is -0.664. The monoisotopic (exact) mass is 423 g/mol. The summed E-state index contributed by atoms with van der Waals surface area (Å²) in [5, 5.41) is 15.4. The zero-order chi connectivity index (χ0) is 22.1. The Balaban J connectivity index is 1.57. The largest absolute Gasteiger partial charge is 0.429 e. The van der Waals surface area contributed by atoms with Gasteiger partial charge in [0.1, 0.15) is 24.1 Å². The summed E-state index contributed by atoms with van der Waals surface area (Å²) in [6.07, 6.45) is 0.234. The number of carbonyl (C=O) groups is 2. The molecular formula is C23H25N3O5. The lowest BCUT2D eigenvalue weighted by molar-refractivity contribution is -0.132. The molecule has 2 aromatic rings. The van der Waals surface area contributed by atoms with Gasteiger partial charge in [-0.05, 0) is 28.8 Å². The van der Waals surface area contributed by atoms with Crippen molar-refractivity contribution >= 4 is 12.4 Å². The Kier molecular flexibility index (Phi) is 8.12. The lowest BCUT2D eigenvalue weighted by Gasteiger charge is -2.18. The van der Waals surface area contributed by atoms with E-state index in [0.29, 0.717) is 38.2 Å². The van der Waals surface area contributed by atoms with Gasteiger partial charge in [-0.25, -0.2) is 0 Å². The zero-order valence-corrected chi connectivity index (χ0v) is 17.2. The van der Waals surface area contributed by atoms with Crippen LogP contribution in [0.4, 0.5) is 0 Å². The Labute approximate surface area is 181 Å². The Morgan fingerprint density at radius 2 is 1.94 bits per heavy atom. The van der Waals surface area contributed by atoms with Gasteiger partial charge in [0.15, 0.2) is 0 Å². The van der Waals surface area contributed by atoms with E-state index in [1.165, 1.54) is 0 Å². The van der Waals surface area contributed by atoms with Crippen LogP contribution in [-0.4, -0.2) is 51.0 Å². The topological polar surface area (TPSA) is 110 Å². The second-order valence-electron chi connectivity index (χ2n) is 7.11. The van der Waals surface area contributed by atoms with Crippen LogP contribution >= 0.6 is 0 Å². The SMILES string of the molecule is COC1CCO[C@H](C(=O)N[C@H](C#N)Cc2ccc(-c3ccc(OC=O)cc3)cc2)CN1. The van der Waals surface area contributed by atoms with Crippen LogP contribution in [-0.2, 0) is 25.5 Å². The van der Waals surface area contributed by atoms with Crippen LogP contribution in [0.2, 0.25) is 0 Å². The van der Waals surface area contributed by atoms with Crippen molar-refractivity contribution in [2.75, 3.05) is 20.3 Å². The van der Waals surface area contributed by atoms with Crippen molar-refractivity contribution < 1.29 is 23.8 Å². The molecule has 8 nitrogen and oxygen atoms in total. The summed E-state index contributed by atoms with van der Waals surface area (Å²) < 4.78 is 15.6. The lowest BCUT2D eigenvalue weighted by atomic mass is 10.0. The third-order valence-electron chi connectivity index (χ3n) is 5.04. The molecule has 0 spiro atoms. The maximum Gasteiger partial charge on any atom is 0.298 e. The molecule has 2 N–H and O–H groups in total. The number of carbonyl (C=O) groups excluding carboxylic acids is 2. The summed E-state index contributed by atoms with van der Waals surface area (Å²) in [6.45, 7) is 1.13. The van der Waals surface area contributed by atoms with Gasteiger partial charge >= 0.3 is 0 Å². The first-order valence-corrected chi connectivity index (χ1v) is 10.0. The molecule has 1 unspecified atom stereocenters. The molecule has 0 saturated carbocycles. The first-order chi connectivity index (χ1) is 15.1. The van der Waals surface area contributed by atoms with Crippen molar-refractivity contribution in [1.29, 1.82) is 5.26 Å². The van der Waals surface area contributed by atoms with Crippen molar-refractivity contribution in [2.45, 2.75) is 31.2 Å². The highest BCUT2D eigenvalue weighted by Crippen LogP contribution is 2.23. The first-order valence-electron chi connectivity index (χ1n) is 10.0. The molecule has 0 bridgehead atoms. The molecule has 3 rings (SSSR count). The van der Waals surface area contributed by atoms with E-state index >= 15 is 0 Å². The van der Waals surface area contributed by atoms with Crippen LogP contribution in [0.3, 0.4) is 0 Å². The van der Waals surface area contributed by atoms with E-state index < -0.39 is 12.1 Å². The quantitative estimate of drug-likeness (QED) is 0.623. The normalized spacial score (nSPS) is 19.5. The van der Waals surface area contributed by atoms with Gasteiger partial charge in [-0.1, -0.05) is 36.4 Å². The fraction of sp³-hybridized carbons (Fsp3) is 0.348. The number of rotatable bonds is 8. The van der Waals surface area contributed by atoms with Gasteiger partial charge in [-0.3, -0.25) is 14.9 Å². The number of nitriles is 1. The second-order valence-corrected chi connectivity index (χ2v) is 7.11. The third-order valence-corrected chi connectivity index (χ3v) is 5.04. The predicted molar refractivity (Wildman–Crippen MR) is 113 cm³/mol. The third kappa shape index (κ3) is 6.36. The van der Waals surface area contributed by atoms with Gasteiger partial charge in [-0.15, -0.1) is 0 Å². The Morgan fingerprint density at radius 3 is 2.55 bits per heavy atom. The van der Waals surface area contributed by atoms with Gasteiger partial charge in [0.25, 0.3) is 12.4 Å². The van der Waals surface area contributed by atoms with Crippen molar-refractivity contribution in [3.8, 4) is 22.9 Å². The van der Waals surface area contributed by atoms with Gasteiger partial charge < -0.3 is 19.5 Å². The highest BCUT2D eigenvalue weighted by Gasteiger charge is 2.26. The summed E-state index contributed by atoms with van der Waals surface area (Å²) in [6, 6.07) is 16.4. The molecule has 0 aromatic heterocycles. The number of hydrogen-bond donors (Lipinski definition) is 2. The number of nitrogens with one attached hydrogen (secondary N) is 2. The van der Waals surface area contributed by atoms with Crippen LogP contribution in [0.1, 0.15) is 12.0 Å². The molecular weight excluding hydrogens is 398 g/mol. The van der Waals surface area contributed by atoms with Crippen LogP contribution in [0.25, 0.3) is 11.1 Å². The Hall–Kier alpha value is -3.25. The molecule has 1 aliphatic rings. The summed E-state index contributed by atoms with van der Waals surface area (Å²) in [7, 11) is 1.60. The maximum atomic E-state index is 12.5. The van der Waals surface area contributed by atoms with Gasteiger partial charge in [0.05, 0.1) is 12.7 Å². The van der Waals surface area contributed by atoms with E-state index in [0.717, 1.165) is 16.7 Å². The molecule has 1 heterocycles. The Bertz CT molecular complexity index is 908. The molecule has 31 heavy (non-hydrogen) atoms. The van der Waals surface area contributed by atoms with Gasteiger partial charge in [0, 0.05) is 26.5 Å². The summed E-state index contributed by atoms with van der Waals surface area (Å²) in [5.41, 5.74) is 2.89. The van der Waals surface area contributed by atoms with E-state index in [1.54, 1.807) is 19.2 Å². The number of ether oxygens (including phenoxy) is 3. The lowest BCUT2D eigenvalue weighted by Crippen LogP contribution is -2.47. The fourth-order valence-corrected chi connectivity index (χ4v) is 3.33. The second kappa shape index (κ2) is 11.2. The van der Waals surface area contributed by atoms with E-state index in [-0.39, 0.29) is 12.1 Å². The molecule has 2 aromatic carbocycles. The van der Waals surface area contributed by atoms with Crippen molar-refractivity contribution in [3.05, 3.63) is 54.1 Å². The average Bonchev–Trinajstić information content (AvgIpc) is 3.06. The average molecular weight is 423 g/mol. The van der Waals surface area contributed by atoms with Crippen LogP contribution in [0.5, 0.6) is 5.75 Å². The fourth-order valence-electron chi connectivity index (χ4n) is 3.33.